The number of rotatable bonds is 3. The van der Waals surface area contributed by atoms with E-state index < -0.39 is 5.97 Å². The van der Waals surface area contributed by atoms with E-state index in [-0.39, 0.29) is 6.42 Å². The number of carboxylic acid groups (broad SMARTS) is 1. The molecule has 0 atom stereocenters. The summed E-state index contributed by atoms with van der Waals surface area (Å²) in [6, 6.07) is 3.71. The first-order valence-corrected chi connectivity index (χ1v) is 5.34. The second kappa shape index (κ2) is 4.80. The molecule has 1 rings (SSSR count). The number of halogens is 2. The summed E-state index contributed by atoms with van der Waals surface area (Å²) in [7, 11) is 0. The highest BCUT2D eigenvalue weighted by molar-refractivity contribution is 9.10. The average molecular weight is 278 g/mol. The maximum Gasteiger partial charge on any atom is 0.303 e. The van der Waals surface area contributed by atoms with Crippen LogP contribution in [0.5, 0.6) is 0 Å². The van der Waals surface area contributed by atoms with Gasteiger partial charge in [-0.25, -0.2) is 0 Å². The Morgan fingerprint density at radius 3 is 2.79 bits per heavy atom. The fourth-order valence-electron chi connectivity index (χ4n) is 1.12. The van der Waals surface area contributed by atoms with Gasteiger partial charge in [0.05, 0.1) is 0 Å². The predicted molar refractivity (Wildman–Crippen MR) is 59.8 cm³/mol. The summed E-state index contributed by atoms with van der Waals surface area (Å²) in [4.78, 5) is 10.4. The SMILES string of the molecule is Cc1cc(Br)c(CCC(=O)O)cc1Cl. The summed E-state index contributed by atoms with van der Waals surface area (Å²) in [5.74, 6) is -0.798. The molecule has 0 aliphatic carbocycles. The predicted octanol–water partition coefficient (Wildman–Crippen LogP) is 3.43. The third-order valence-electron chi connectivity index (χ3n) is 1.94. The smallest absolute Gasteiger partial charge is 0.303 e. The molecular weight excluding hydrogens is 267 g/mol. The van der Waals surface area contributed by atoms with Crippen LogP contribution in [0.2, 0.25) is 5.02 Å². The first-order valence-electron chi connectivity index (χ1n) is 4.17. The van der Waals surface area contributed by atoms with Gasteiger partial charge in [-0.1, -0.05) is 27.5 Å². The molecule has 0 radical (unpaired) electrons. The van der Waals surface area contributed by atoms with Crippen LogP contribution in [0.3, 0.4) is 0 Å². The summed E-state index contributed by atoms with van der Waals surface area (Å²) in [5, 5.41) is 9.22. The van der Waals surface area contributed by atoms with Gasteiger partial charge in [-0.3, -0.25) is 4.79 Å². The molecule has 1 aromatic carbocycles. The van der Waals surface area contributed by atoms with E-state index >= 15 is 0 Å². The van der Waals surface area contributed by atoms with Crippen molar-refractivity contribution in [2.75, 3.05) is 0 Å². The van der Waals surface area contributed by atoms with Crippen molar-refractivity contribution in [1.82, 2.24) is 0 Å². The first kappa shape index (κ1) is 11.5. The zero-order valence-electron chi connectivity index (χ0n) is 7.68. The lowest BCUT2D eigenvalue weighted by Crippen LogP contribution is -1.98. The monoisotopic (exact) mass is 276 g/mol. The Hall–Kier alpha value is -0.540. The highest BCUT2D eigenvalue weighted by Gasteiger charge is 2.06. The first-order chi connectivity index (χ1) is 6.50. The summed E-state index contributed by atoms with van der Waals surface area (Å²) in [6.07, 6.45) is 0.619. The minimum absolute atomic E-state index is 0.123. The van der Waals surface area contributed by atoms with Gasteiger partial charge in [-0.05, 0) is 36.6 Å². The highest BCUT2D eigenvalue weighted by Crippen LogP contribution is 2.25. The molecule has 14 heavy (non-hydrogen) atoms. The van der Waals surface area contributed by atoms with Gasteiger partial charge in [-0.15, -0.1) is 0 Å². The topological polar surface area (TPSA) is 37.3 Å². The minimum atomic E-state index is -0.798. The molecule has 0 bridgehead atoms. The highest BCUT2D eigenvalue weighted by atomic mass is 79.9. The Bertz CT molecular complexity index is 363. The third-order valence-corrected chi connectivity index (χ3v) is 3.08. The Morgan fingerprint density at radius 2 is 2.21 bits per heavy atom. The number of aliphatic carboxylic acids is 1. The zero-order valence-corrected chi connectivity index (χ0v) is 10.0. The van der Waals surface area contributed by atoms with Crippen molar-refractivity contribution in [3.8, 4) is 0 Å². The maximum absolute atomic E-state index is 10.4. The van der Waals surface area contributed by atoms with Crippen molar-refractivity contribution < 1.29 is 9.90 Å². The van der Waals surface area contributed by atoms with Crippen LogP contribution in [0.25, 0.3) is 0 Å². The number of hydrogen-bond donors (Lipinski definition) is 1. The van der Waals surface area contributed by atoms with Gasteiger partial charge in [0.1, 0.15) is 0 Å². The van der Waals surface area contributed by atoms with Crippen molar-refractivity contribution >= 4 is 33.5 Å². The van der Waals surface area contributed by atoms with E-state index in [1.165, 1.54) is 0 Å². The van der Waals surface area contributed by atoms with Gasteiger partial charge in [0.25, 0.3) is 0 Å². The fourth-order valence-corrected chi connectivity index (χ4v) is 1.96. The lowest BCUT2D eigenvalue weighted by Gasteiger charge is -2.05. The molecule has 4 heteroatoms. The molecular formula is C10H10BrClO2. The molecule has 0 spiro atoms. The van der Waals surface area contributed by atoms with Crippen LogP contribution in [0, 0.1) is 6.92 Å². The summed E-state index contributed by atoms with van der Waals surface area (Å²) < 4.78 is 0.917. The molecule has 0 heterocycles. The summed E-state index contributed by atoms with van der Waals surface area (Å²) in [5.41, 5.74) is 1.92. The van der Waals surface area contributed by atoms with Crippen LogP contribution in [-0.4, -0.2) is 11.1 Å². The molecule has 0 fully saturated rings. The van der Waals surface area contributed by atoms with E-state index in [0.29, 0.717) is 11.4 Å². The largest absolute Gasteiger partial charge is 0.481 e. The van der Waals surface area contributed by atoms with Crippen LogP contribution in [0.4, 0.5) is 0 Å². The zero-order chi connectivity index (χ0) is 10.7. The minimum Gasteiger partial charge on any atom is -0.481 e. The van der Waals surface area contributed by atoms with Gasteiger partial charge in [0, 0.05) is 15.9 Å². The second-order valence-corrected chi connectivity index (χ2v) is 4.35. The maximum atomic E-state index is 10.4. The molecule has 1 N–H and O–H groups in total. The molecule has 2 nitrogen and oxygen atoms in total. The van der Waals surface area contributed by atoms with Gasteiger partial charge in [0.15, 0.2) is 0 Å². The van der Waals surface area contributed by atoms with Crippen LogP contribution in [0.1, 0.15) is 17.5 Å². The summed E-state index contributed by atoms with van der Waals surface area (Å²) >= 11 is 9.31. The van der Waals surface area contributed by atoms with E-state index in [1.54, 1.807) is 0 Å². The van der Waals surface area contributed by atoms with Crippen molar-refractivity contribution in [2.45, 2.75) is 19.8 Å². The number of carboxylic acids is 1. The van der Waals surface area contributed by atoms with Crippen LogP contribution in [0.15, 0.2) is 16.6 Å². The quantitative estimate of drug-likeness (QED) is 0.919. The molecule has 0 unspecified atom stereocenters. The Morgan fingerprint density at radius 1 is 1.57 bits per heavy atom. The molecule has 76 valence electrons. The van der Waals surface area contributed by atoms with Crippen molar-refractivity contribution in [3.05, 3.63) is 32.8 Å². The van der Waals surface area contributed by atoms with Crippen LogP contribution >= 0.6 is 27.5 Å². The van der Waals surface area contributed by atoms with Gasteiger partial charge in [0.2, 0.25) is 0 Å². The molecule has 0 amide bonds. The number of carbonyl (C=O) groups is 1. The van der Waals surface area contributed by atoms with Crippen LogP contribution in [-0.2, 0) is 11.2 Å². The third kappa shape index (κ3) is 3.00. The fraction of sp³-hybridized carbons (Fsp3) is 0.300. The summed E-state index contributed by atoms with van der Waals surface area (Å²) in [6.45, 7) is 1.91. The normalized spacial score (nSPS) is 10.2. The number of hydrogen-bond acceptors (Lipinski definition) is 1. The van der Waals surface area contributed by atoms with Crippen molar-refractivity contribution in [2.24, 2.45) is 0 Å². The van der Waals surface area contributed by atoms with Crippen molar-refractivity contribution in [3.63, 3.8) is 0 Å². The number of aryl methyl sites for hydroxylation is 2. The molecule has 0 aliphatic heterocycles. The molecule has 0 saturated carbocycles. The molecule has 0 saturated heterocycles. The van der Waals surface area contributed by atoms with Gasteiger partial charge < -0.3 is 5.11 Å². The number of benzene rings is 1. The Labute approximate surface area is 96.0 Å². The lowest BCUT2D eigenvalue weighted by atomic mass is 10.1. The van der Waals surface area contributed by atoms with Gasteiger partial charge in [-0.2, -0.15) is 0 Å². The Balaban J connectivity index is 2.87. The molecule has 1 aromatic rings. The van der Waals surface area contributed by atoms with Crippen molar-refractivity contribution in [1.29, 1.82) is 0 Å². The molecule has 0 aliphatic rings. The van der Waals surface area contributed by atoms with E-state index in [1.807, 2.05) is 19.1 Å². The van der Waals surface area contributed by atoms with E-state index in [2.05, 4.69) is 15.9 Å². The van der Waals surface area contributed by atoms with E-state index in [0.717, 1.165) is 15.6 Å². The van der Waals surface area contributed by atoms with Gasteiger partial charge >= 0.3 is 5.97 Å². The van der Waals surface area contributed by atoms with E-state index in [4.69, 9.17) is 16.7 Å². The standard InChI is InChI=1S/C10H10BrClO2/c1-6-4-8(11)7(5-9(6)12)2-3-10(13)14/h4-5H,2-3H2,1H3,(H,13,14). The average Bonchev–Trinajstić information content (AvgIpc) is 2.09. The van der Waals surface area contributed by atoms with Crippen LogP contribution < -0.4 is 0 Å². The second-order valence-electron chi connectivity index (χ2n) is 3.09. The Kier molecular flexibility index (Phi) is 3.96. The lowest BCUT2D eigenvalue weighted by molar-refractivity contribution is -0.136. The molecule has 0 aromatic heterocycles. The van der Waals surface area contributed by atoms with E-state index in [9.17, 15) is 4.79 Å².